The first-order valence-corrected chi connectivity index (χ1v) is 4.23. The van der Waals surface area contributed by atoms with E-state index in [0.717, 1.165) is 0 Å². The monoisotopic (exact) mass is 191 g/mol. The van der Waals surface area contributed by atoms with E-state index in [-0.39, 0.29) is 0 Å². The number of thiophene rings is 1. The predicted octanol–water partition coefficient (Wildman–Crippen LogP) is 1.41. The molecule has 0 amide bonds. The van der Waals surface area contributed by atoms with Gasteiger partial charge in [-0.2, -0.15) is 5.26 Å². The van der Waals surface area contributed by atoms with Crippen LogP contribution in [0.1, 0.15) is 15.2 Å². The first-order chi connectivity index (χ1) is 6.29. The van der Waals surface area contributed by atoms with E-state index in [0.29, 0.717) is 10.4 Å². The van der Waals surface area contributed by atoms with E-state index in [2.05, 4.69) is 16.6 Å². The van der Waals surface area contributed by atoms with Crippen molar-refractivity contribution >= 4 is 17.3 Å². The van der Waals surface area contributed by atoms with Crippen molar-refractivity contribution in [2.24, 2.45) is 0 Å². The molecule has 0 aliphatic heterocycles. The van der Waals surface area contributed by atoms with Crippen LogP contribution in [0, 0.1) is 23.2 Å². The number of esters is 1. The van der Waals surface area contributed by atoms with Gasteiger partial charge in [0.1, 0.15) is 4.88 Å². The molecule has 1 heterocycles. The Balaban J connectivity index is 3.04. The summed E-state index contributed by atoms with van der Waals surface area (Å²) in [6.45, 7) is 0. The summed E-state index contributed by atoms with van der Waals surface area (Å²) in [5, 5.41) is 9.95. The van der Waals surface area contributed by atoms with Crippen LogP contribution in [0.4, 0.5) is 0 Å². The number of hydrogen-bond donors (Lipinski definition) is 0. The molecule has 1 aromatic rings. The topological polar surface area (TPSA) is 50.1 Å². The lowest BCUT2D eigenvalue weighted by atomic mass is 10.2. The molecule has 0 bridgehead atoms. The first kappa shape index (κ1) is 9.31. The fraction of sp³-hybridized carbons (Fsp3) is 0.111. The average Bonchev–Trinajstić information content (AvgIpc) is 2.61. The Bertz CT molecular complexity index is 417. The van der Waals surface area contributed by atoms with Gasteiger partial charge in [-0.25, -0.2) is 4.79 Å². The lowest BCUT2D eigenvalue weighted by Crippen LogP contribution is -1.99. The van der Waals surface area contributed by atoms with E-state index in [1.807, 2.05) is 0 Å². The molecular formula is C9H5NO2S. The van der Waals surface area contributed by atoms with Crippen molar-refractivity contribution in [2.45, 2.75) is 0 Å². The molecule has 4 heteroatoms. The van der Waals surface area contributed by atoms with Crippen molar-refractivity contribution in [2.75, 3.05) is 7.11 Å². The molecule has 0 fully saturated rings. The zero-order chi connectivity index (χ0) is 9.68. The third-order valence-electron chi connectivity index (χ3n) is 1.29. The molecular weight excluding hydrogens is 186 g/mol. The lowest BCUT2D eigenvalue weighted by molar-refractivity contribution is 0.0606. The number of carbonyl (C=O) groups is 1. The Morgan fingerprint density at radius 3 is 3.08 bits per heavy atom. The maximum Gasteiger partial charge on any atom is 0.349 e. The molecule has 0 radical (unpaired) electrons. The van der Waals surface area contributed by atoms with Crippen LogP contribution in [0.5, 0.6) is 0 Å². The van der Waals surface area contributed by atoms with E-state index < -0.39 is 5.97 Å². The summed E-state index contributed by atoms with van der Waals surface area (Å²) in [5.41, 5.74) is 0.540. The van der Waals surface area contributed by atoms with Crippen molar-refractivity contribution in [3.8, 4) is 17.9 Å². The zero-order valence-corrected chi connectivity index (χ0v) is 7.64. The number of nitriles is 1. The smallest absolute Gasteiger partial charge is 0.349 e. The molecule has 0 N–H and O–H groups in total. The van der Waals surface area contributed by atoms with Gasteiger partial charge in [-0.15, -0.1) is 11.3 Å². The normalized spacial score (nSPS) is 8.00. The number of rotatable bonds is 1. The van der Waals surface area contributed by atoms with Gasteiger partial charge in [0.05, 0.1) is 12.7 Å². The Morgan fingerprint density at radius 2 is 2.46 bits per heavy atom. The highest BCUT2D eigenvalue weighted by Crippen LogP contribution is 2.16. The lowest BCUT2D eigenvalue weighted by Gasteiger charge is -1.93. The van der Waals surface area contributed by atoms with Crippen molar-refractivity contribution in [1.82, 2.24) is 0 Å². The van der Waals surface area contributed by atoms with Crippen LogP contribution in [0.15, 0.2) is 11.4 Å². The van der Waals surface area contributed by atoms with Gasteiger partial charge in [0.25, 0.3) is 0 Å². The molecule has 0 unspecified atom stereocenters. The van der Waals surface area contributed by atoms with E-state index in [1.54, 1.807) is 17.5 Å². The second kappa shape index (κ2) is 4.30. The maximum absolute atomic E-state index is 11.1. The highest BCUT2D eigenvalue weighted by Gasteiger charge is 2.11. The van der Waals surface area contributed by atoms with Crippen molar-refractivity contribution < 1.29 is 9.53 Å². The quantitative estimate of drug-likeness (QED) is 0.498. The second-order valence-electron chi connectivity index (χ2n) is 2.02. The summed E-state index contributed by atoms with van der Waals surface area (Å²) < 4.78 is 4.54. The van der Waals surface area contributed by atoms with Crippen LogP contribution in [0.3, 0.4) is 0 Å². The SMILES string of the molecule is COC(=O)c1sccc1C#CC#N. The molecule has 64 valence electrons. The summed E-state index contributed by atoms with van der Waals surface area (Å²) in [7, 11) is 1.31. The highest BCUT2D eigenvalue weighted by molar-refractivity contribution is 7.12. The van der Waals surface area contributed by atoms with Gasteiger partial charge in [-0.1, -0.05) is 0 Å². The first-order valence-electron chi connectivity index (χ1n) is 3.35. The molecule has 1 aromatic heterocycles. The van der Waals surface area contributed by atoms with E-state index in [1.165, 1.54) is 18.4 Å². The predicted molar refractivity (Wildman–Crippen MR) is 48.1 cm³/mol. The molecule has 0 spiro atoms. The zero-order valence-electron chi connectivity index (χ0n) is 6.83. The van der Waals surface area contributed by atoms with Gasteiger partial charge in [0.15, 0.2) is 6.07 Å². The third-order valence-corrected chi connectivity index (χ3v) is 2.18. The van der Waals surface area contributed by atoms with Crippen LogP contribution in [-0.4, -0.2) is 13.1 Å². The maximum atomic E-state index is 11.1. The molecule has 3 nitrogen and oxygen atoms in total. The molecule has 0 saturated carbocycles. The Labute approximate surface area is 79.6 Å². The van der Waals surface area contributed by atoms with Gasteiger partial charge in [0.2, 0.25) is 0 Å². The summed E-state index contributed by atoms with van der Waals surface area (Å²) in [6.07, 6.45) is 0. The van der Waals surface area contributed by atoms with E-state index in [9.17, 15) is 4.79 Å². The van der Waals surface area contributed by atoms with Gasteiger partial charge in [0, 0.05) is 5.92 Å². The Kier molecular flexibility index (Phi) is 3.08. The van der Waals surface area contributed by atoms with Gasteiger partial charge >= 0.3 is 5.97 Å². The van der Waals surface area contributed by atoms with Crippen LogP contribution < -0.4 is 0 Å². The van der Waals surface area contributed by atoms with Crippen molar-refractivity contribution in [1.29, 1.82) is 5.26 Å². The summed E-state index contributed by atoms with van der Waals surface area (Å²) in [5.74, 6) is 4.36. The number of nitrogens with zero attached hydrogens (tertiary/aromatic N) is 1. The molecule has 0 aromatic carbocycles. The van der Waals surface area contributed by atoms with Crippen LogP contribution in [0.2, 0.25) is 0 Å². The highest BCUT2D eigenvalue weighted by atomic mass is 32.1. The van der Waals surface area contributed by atoms with Crippen molar-refractivity contribution in [3.63, 3.8) is 0 Å². The number of carbonyl (C=O) groups excluding carboxylic acids is 1. The van der Waals surface area contributed by atoms with E-state index in [4.69, 9.17) is 5.26 Å². The molecule has 0 saturated heterocycles. The van der Waals surface area contributed by atoms with Crippen LogP contribution in [-0.2, 0) is 4.74 Å². The Hall–Kier alpha value is -1.78. The van der Waals surface area contributed by atoms with Crippen molar-refractivity contribution in [3.05, 3.63) is 21.9 Å². The Morgan fingerprint density at radius 1 is 1.69 bits per heavy atom. The second-order valence-corrected chi connectivity index (χ2v) is 2.93. The minimum Gasteiger partial charge on any atom is -0.465 e. The minimum absolute atomic E-state index is 0.419. The van der Waals surface area contributed by atoms with Gasteiger partial charge in [-0.3, -0.25) is 0 Å². The van der Waals surface area contributed by atoms with Crippen LogP contribution in [0.25, 0.3) is 0 Å². The fourth-order valence-corrected chi connectivity index (χ4v) is 1.52. The molecule has 13 heavy (non-hydrogen) atoms. The average molecular weight is 191 g/mol. The molecule has 1 rings (SSSR count). The minimum atomic E-state index is -0.419. The summed E-state index contributed by atoms with van der Waals surface area (Å²) >= 11 is 1.25. The van der Waals surface area contributed by atoms with Gasteiger partial charge in [-0.05, 0) is 17.4 Å². The standard InChI is InChI=1S/C9H5NO2S/c1-12-9(11)8-7(3-2-5-10)4-6-13-8/h4,6H,1H3. The number of hydrogen-bond acceptors (Lipinski definition) is 4. The van der Waals surface area contributed by atoms with Gasteiger partial charge < -0.3 is 4.74 Å². The fourth-order valence-electron chi connectivity index (χ4n) is 0.754. The summed E-state index contributed by atoms with van der Waals surface area (Å²) in [4.78, 5) is 11.5. The molecule has 0 aliphatic rings. The van der Waals surface area contributed by atoms with E-state index >= 15 is 0 Å². The van der Waals surface area contributed by atoms with Crippen LogP contribution >= 0.6 is 11.3 Å². The number of ether oxygens (including phenoxy) is 1. The molecule has 0 atom stereocenters. The summed E-state index contributed by atoms with van der Waals surface area (Å²) in [6, 6.07) is 3.36. The third kappa shape index (κ3) is 2.08. The molecule has 0 aliphatic carbocycles. The largest absolute Gasteiger partial charge is 0.465 e. The number of methoxy groups -OCH3 is 1.